The van der Waals surface area contributed by atoms with E-state index in [9.17, 15) is 13.2 Å². The van der Waals surface area contributed by atoms with Crippen LogP contribution in [0.5, 0.6) is 0 Å². The molecule has 2 heterocycles. The Balaban J connectivity index is 1.37. The van der Waals surface area contributed by atoms with E-state index in [4.69, 9.17) is 0 Å². The van der Waals surface area contributed by atoms with E-state index in [0.717, 1.165) is 28.1 Å². The van der Waals surface area contributed by atoms with Gasteiger partial charge in [0.25, 0.3) is 0 Å². The Hall–Kier alpha value is -2.33. The number of benzene rings is 2. The molecule has 0 bridgehead atoms. The number of aromatic nitrogens is 1. The smallest absolute Gasteiger partial charge is 0.243 e. The number of anilines is 1. The van der Waals surface area contributed by atoms with Gasteiger partial charge in [-0.15, -0.1) is 11.3 Å². The van der Waals surface area contributed by atoms with Gasteiger partial charge in [-0.25, -0.2) is 13.4 Å². The first-order valence-electron chi connectivity index (χ1n) is 10.3. The van der Waals surface area contributed by atoms with Crippen LogP contribution >= 0.6 is 11.3 Å². The van der Waals surface area contributed by atoms with Crippen molar-refractivity contribution in [2.45, 2.75) is 37.2 Å². The lowest BCUT2D eigenvalue weighted by Gasteiger charge is -2.23. The molecule has 3 aromatic rings. The fourth-order valence-corrected chi connectivity index (χ4v) is 6.12. The molecule has 0 unspecified atom stereocenters. The van der Waals surface area contributed by atoms with Gasteiger partial charge in [-0.2, -0.15) is 4.31 Å². The molecule has 164 valence electrons. The van der Waals surface area contributed by atoms with E-state index in [1.807, 2.05) is 43.1 Å². The molecule has 1 saturated heterocycles. The average molecular weight is 459 g/mol. The molecule has 31 heavy (non-hydrogen) atoms. The third-order valence-electron chi connectivity index (χ3n) is 5.59. The van der Waals surface area contributed by atoms with Crippen LogP contribution in [0.15, 0.2) is 53.4 Å². The van der Waals surface area contributed by atoms with Crippen LogP contribution in [0.3, 0.4) is 0 Å². The first kappa shape index (κ1) is 21.9. The lowest BCUT2D eigenvalue weighted by atomic mass is 10.2. The van der Waals surface area contributed by atoms with E-state index in [1.54, 1.807) is 35.6 Å². The van der Waals surface area contributed by atoms with Crippen LogP contribution in [-0.2, 0) is 21.4 Å². The van der Waals surface area contributed by atoms with E-state index < -0.39 is 10.0 Å². The van der Waals surface area contributed by atoms with Crippen molar-refractivity contribution in [2.24, 2.45) is 0 Å². The van der Waals surface area contributed by atoms with Crippen LogP contribution in [0.4, 0.5) is 5.69 Å². The number of nitrogens with zero attached hydrogens (tertiary/aromatic N) is 3. The molecule has 1 aliphatic heterocycles. The van der Waals surface area contributed by atoms with Gasteiger partial charge in [0.1, 0.15) is 5.01 Å². The van der Waals surface area contributed by atoms with Crippen molar-refractivity contribution < 1.29 is 13.2 Å². The second-order valence-electron chi connectivity index (χ2n) is 7.79. The fourth-order valence-electron chi connectivity index (χ4n) is 3.57. The third-order valence-corrected chi connectivity index (χ3v) is 8.52. The number of sulfonamides is 1. The van der Waals surface area contributed by atoms with Gasteiger partial charge in [-0.1, -0.05) is 12.1 Å². The van der Waals surface area contributed by atoms with E-state index in [2.05, 4.69) is 10.3 Å². The number of para-hydroxylation sites is 1. The highest BCUT2D eigenvalue weighted by molar-refractivity contribution is 7.89. The van der Waals surface area contributed by atoms with E-state index >= 15 is 0 Å². The molecule has 2 aromatic carbocycles. The highest BCUT2D eigenvalue weighted by Gasteiger charge is 2.27. The molecule has 7 nitrogen and oxygen atoms in total. The maximum Gasteiger partial charge on any atom is 0.243 e. The van der Waals surface area contributed by atoms with E-state index in [1.165, 1.54) is 4.31 Å². The first-order chi connectivity index (χ1) is 14.8. The molecular formula is C22H26N4O3S2. The summed E-state index contributed by atoms with van der Waals surface area (Å²) in [4.78, 5) is 19.5. The number of rotatable bonds is 7. The standard InChI is InChI=1S/C22H26N4O3S2/c1-16(25(2)15-21-24-19-7-3-4-8-20(19)30-21)22(27)23-17-9-11-18(12-10-17)31(28,29)26-13-5-6-14-26/h3-4,7-12,16H,5-6,13-15H2,1-2H3,(H,23,27)/t16-/m0/s1. The maximum atomic E-state index is 12.7. The van der Waals surface area contributed by atoms with E-state index in [0.29, 0.717) is 25.3 Å². The molecular weight excluding hydrogens is 432 g/mol. The van der Waals surface area contributed by atoms with Crippen molar-refractivity contribution in [2.75, 3.05) is 25.5 Å². The molecule has 1 N–H and O–H groups in total. The molecule has 1 aromatic heterocycles. The molecule has 1 atom stereocenters. The Morgan fingerprint density at radius 1 is 1.16 bits per heavy atom. The fraction of sp³-hybridized carbons (Fsp3) is 0.364. The average Bonchev–Trinajstić information content (AvgIpc) is 3.43. The molecule has 0 saturated carbocycles. The molecule has 0 spiro atoms. The molecule has 9 heteroatoms. The number of likely N-dealkylation sites (N-methyl/N-ethyl adjacent to an activating group) is 1. The van der Waals surface area contributed by atoms with Crippen molar-refractivity contribution in [3.8, 4) is 0 Å². The molecule has 1 fully saturated rings. The summed E-state index contributed by atoms with van der Waals surface area (Å²) in [6.07, 6.45) is 1.80. The zero-order valence-electron chi connectivity index (χ0n) is 17.6. The Bertz CT molecular complexity index is 1140. The number of thiazole rings is 1. The summed E-state index contributed by atoms with van der Waals surface area (Å²) in [6.45, 7) is 3.55. The van der Waals surface area contributed by atoms with Crippen LogP contribution in [0.2, 0.25) is 0 Å². The van der Waals surface area contributed by atoms with Crippen molar-refractivity contribution in [1.29, 1.82) is 0 Å². The van der Waals surface area contributed by atoms with Crippen LogP contribution in [-0.4, -0.2) is 54.7 Å². The van der Waals surface area contributed by atoms with Crippen molar-refractivity contribution >= 4 is 43.2 Å². The SMILES string of the molecule is C[C@@H](C(=O)Nc1ccc(S(=O)(=O)N2CCCC2)cc1)N(C)Cc1nc2ccccc2s1. The van der Waals surface area contributed by atoms with E-state index in [-0.39, 0.29) is 16.8 Å². The number of carbonyl (C=O) groups is 1. The summed E-state index contributed by atoms with van der Waals surface area (Å²) in [7, 11) is -1.56. The molecule has 0 radical (unpaired) electrons. The highest BCUT2D eigenvalue weighted by atomic mass is 32.2. The summed E-state index contributed by atoms with van der Waals surface area (Å²) in [5.41, 5.74) is 1.54. The minimum absolute atomic E-state index is 0.154. The van der Waals surface area contributed by atoms with Gasteiger partial charge in [0.15, 0.2) is 0 Å². The predicted molar refractivity (Wildman–Crippen MR) is 124 cm³/mol. The van der Waals surface area contributed by atoms with Crippen LogP contribution in [0.1, 0.15) is 24.8 Å². The second kappa shape index (κ2) is 9.04. The lowest BCUT2D eigenvalue weighted by molar-refractivity contribution is -0.120. The predicted octanol–water partition coefficient (Wildman–Crippen LogP) is 3.54. The largest absolute Gasteiger partial charge is 0.325 e. The molecule has 1 amide bonds. The quantitative estimate of drug-likeness (QED) is 0.586. The van der Waals surface area contributed by atoms with Crippen LogP contribution in [0.25, 0.3) is 10.2 Å². The summed E-state index contributed by atoms with van der Waals surface area (Å²) in [5.74, 6) is -0.154. The number of carbonyl (C=O) groups excluding carboxylic acids is 1. The summed E-state index contributed by atoms with van der Waals surface area (Å²) < 4.78 is 27.9. The Morgan fingerprint density at radius 2 is 1.84 bits per heavy atom. The first-order valence-corrected chi connectivity index (χ1v) is 12.6. The van der Waals surface area contributed by atoms with Gasteiger partial charge in [0, 0.05) is 18.8 Å². The Morgan fingerprint density at radius 3 is 2.52 bits per heavy atom. The summed E-state index contributed by atoms with van der Waals surface area (Å²) >= 11 is 1.63. The van der Waals surface area contributed by atoms with Gasteiger partial charge in [-0.3, -0.25) is 9.69 Å². The molecule has 0 aliphatic carbocycles. The monoisotopic (exact) mass is 458 g/mol. The third kappa shape index (κ3) is 4.79. The normalized spacial score (nSPS) is 16.1. The number of amides is 1. The lowest BCUT2D eigenvalue weighted by Crippen LogP contribution is -2.39. The van der Waals surface area contributed by atoms with Gasteiger partial charge in [0.05, 0.1) is 27.7 Å². The Kier molecular flexibility index (Phi) is 6.38. The molecule has 1 aliphatic rings. The topological polar surface area (TPSA) is 82.6 Å². The highest BCUT2D eigenvalue weighted by Crippen LogP contribution is 2.24. The second-order valence-corrected chi connectivity index (χ2v) is 10.8. The minimum atomic E-state index is -3.45. The van der Waals surface area contributed by atoms with Gasteiger partial charge >= 0.3 is 0 Å². The van der Waals surface area contributed by atoms with Crippen molar-refractivity contribution in [1.82, 2.24) is 14.2 Å². The summed E-state index contributed by atoms with van der Waals surface area (Å²) in [5, 5.41) is 3.84. The minimum Gasteiger partial charge on any atom is -0.325 e. The number of hydrogen-bond donors (Lipinski definition) is 1. The molecule has 4 rings (SSSR count). The summed E-state index contributed by atoms with van der Waals surface area (Å²) in [6, 6.07) is 14.0. The van der Waals surface area contributed by atoms with Crippen molar-refractivity contribution in [3.05, 3.63) is 53.5 Å². The van der Waals surface area contributed by atoms with Gasteiger partial charge < -0.3 is 5.32 Å². The van der Waals surface area contributed by atoms with Crippen molar-refractivity contribution in [3.63, 3.8) is 0 Å². The number of fused-ring (bicyclic) bond motifs is 1. The van der Waals surface area contributed by atoms with Crippen LogP contribution in [0, 0.1) is 0 Å². The zero-order chi connectivity index (χ0) is 22.0. The Labute approximate surface area is 186 Å². The zero-order valence-corrected chi connectivity index (χ0v) is 19.2. The maximum absolute atomic E-state index is 12.7. The van der Waals surface area contributed by atoms with Crippen LogP contribution < -0.4 is 5.32 Å². The van der Waals surface area contributed by atoms with Gasteiger partial charge in [0.2, 0.25) is 15.9 Å². The number of nitrogens with one attached hydrogen (secondary N) is 1. The van der Waals surface area contributed by atoms with Gasteiger partial charge in [-0.05, 0) is 63.2 Å². The number of hydrogen-bond acceptors (Lipinski definition) is 6.